The van der Waals surface area contributed by atoms with Crippen LogP contribution in [0.3, 0.4) is 0 Å². The molecular formula is C10H14N4S. The molecule has 1 unspecified atom stereocenters. The molecule has 0 spiro atoms. The predicted molar refractivity (Wildman–Crippen MR) is 61.8 cm³/mol. The fraction of sp³-hybridized carbons (Fsp3) is 0.400. The first-order valence-corrected chi connectivity index (χ1v) is 5.73. The molecule has 2 heterocycles. The maximum absolute atomic E-state index is 5.61. The maximum atomic E-state index is 5.61. The molecule has 0 saturated heterocycles. The third-order valence-electron chi connectivity index (χ3n) is 2.30. The number of aromatic nitrogens is 3. The molecule has 2 aromatic heterocycles. The highest BCUT2D eigenvalue weighted by molar-refractivity contribution is 7.10. The van der Waals surface area contributed by atoms with Gasteiger partial charge in [0.1, 0.15) is 0 Å². The van der Waals surface area contributed by atoms with Gasteiger partial charge in [-0.1, -0.05) is 6.92 Å². The van der Waals surface area contributed by atoms with Crippen LogP contribution in [0.5, 0.6) is 0 Å². The second-order valence-corrected chi connectivity index (χ2v) is 4.50. The highest BCUT2D eigenvalue weighted by Gasteiger charge is 2.10. The summed E-state index contributed by atoms with van der Waals surface area (Å²) in [6, 6.07) is 0. The first kappa shape index (κ1) is 10.3. The zero-order chi connectivity index (χ0) is 10.8. The zero-order valence-electron chi connectivity index (χ0n) is 8.84. The van der Waals surface area contributed by atoms with Crippen molar-refractivity contribution in [2.45, 2.75) is 12.8 Å². The Kier molecular flexibility index (Phi) is 2.83. The van der Waals surface area contributed by atoms with Crippen LogP contribution in [0.4, 0.5) is 0 Å². The van der Waals surface area contributed by atoms with Crippen molar-refractivity contribution in [1.82, 2.24) is 14.8 Å². The smallest absolute Gasteiger partial charge is 0.0973 e. The Bertz CT molecular complexity index is 446. The minimum atomic E-state index is 0.334. The molecule has 0 aromatic carbocycles. The van der Waals surface area contributed by atoms with Gasteiger partial charge < -0.3 is 5.73 Å². The summed E-state index contributed by atoms with van der Waals surface area (Å²) < 4.78 is 1.78. The molecule has 15 heavy (non-hydrogen) atoms. The molecule has 1 atom stereocenters. The SMILES string of the molecule is CC(CN)c1nc(-c2cnn(C)c2)cs1. The van der Waals surface area contributed by atoms with Crippen LogP contribution in [-0.4, -0.2) is 21.3 Å². The van der Waals surface area contributed by atoms with E-state index in [-0.39, 0.29) is 0 Å². The van der Waals surface area contributed by atoms with E-state index in [4.69, 9.17) is 5.73 Å². The molecule has 2 aromatic rings. The van der Waals surface area contributed by atoms with Crippen molar-refractivity contribution in [3.63, 3.8) is 0 Å². The fourth-order valence-electron chi connectivity index (χ4n) is 1.30. The van der Waals surface area contributed by atoms with E-state index >= 15 is 0 Å². The maximum Gasteiger partial charge on any atom is 0.0973 e. The summed E-state index contributed by atoms with van der Waals surface area (Å²) in [4.78, 5) is 4.55. The van der Waals surface area contributed by atoms with Crippen molar-refractivity contribution >= 4 is 11.3 Å². The van der Waals surface area contributed by atoms with Gasteiger partial charge in [-0.3, -0.25) is 4.68 Å². The number of thiazole rings is 1. The van der Waals surface area contributed by atoms with Crippen LogP contribution in [0, 0.1) is 0 Å². The third kappa shape index (κ3) is 2.08. The number of rotatable bonds is 3. The van der Waals surface area contributed by atoms with Gasteiger partial charge in [-0.2, -0.15) is 5.10 Å². The average molecular weight is 222 g/mol. The quantitative estimate of drug-likeness (QED) is 0.858. The molecule has 0 radical (unpaired) electrons. The van der Waals surface area contributed by atoms with Crippen LogP contribution in [0.1, 0.15) is 17.8 Å². The van der Waals surface area contributed by atoms with Gasteiger partial charge >= 0.3 is 0 Å². The standard InChI is InChI=1S/C10H14N4S/c1-7(3-11)10-13-9(6-15-10)8-4-12-14(2)5-8/h4-7H,3,11H2,1-2H3. The van der Waals surface area contributed by atoms with Crippen LogP contribution in [0.25, 0.3) is 11.3 Å². The Morgan fingerprint density at radius 2 is 2.40 bits per heavy atom. The topological polar surface area (TPSA) is 56.7 Å². The van der Waals surface area contributed by atoms with Crippen molar-refractivity contribution in [3.05, 3.63) is 22.8 Å². The number of hydrogen-bond donors (Lipinski definition) is 1. The largest absolute Gasteiger partial charge is 0.330 e. The van der Waals surface area contributed by atoms with E-state index in [0.29, 0.717) is 12.5 Å². The van der Waals surface area contributed by atoms with Gasteiger partial charge in [0.2, 0.25) is 0 Å². The zero-order valence-corrected chi connectivity index (χ0v) is 9.66. The van der Waals surface area contributed by atoms with Crippen molar-refractivity contribution in [2.24, 2.45) is 12.8 Å². The van der Waals surface area contributed by atoms with Crippen molar-refractivity contribution < 1.29 is 0 Å². The molecule has 0 amide bonds. The Hall–Kier alpha value is -1.20. The van der Waals surface area contributed by atoms with E-state index in [0.717, 1.165) is 16.3 Å². The summed E-state index contributed by atoms with van der Waals surface area (Å²) in [5.74, 6) is 0.334. The van der Waals surface area contributed by atoms with E-state index in [9.17, 15) is 0 Å². The average Bonchev–Trinajstić information content (AvgIpc) is 2.84. The number of nitrogens with zero attached hydrogens (tertiary/aromatic N) is 3. The van der Waals surface area contributed by atoms with Gasteiger partial charge in [0.15, 0.2) is 0 Å². The lowest BCUT2D eigenvalue weighted by Gasteiger charge is -2.01. The lowest BCUT2D eigenvalue weighted by Crippen LogP contribution is -2.08. The molecule has 2 rings (SSSR count). The third-order valence-corrected chi connectivity index (χ3v) is 3.37. The molecule has 0 fully saturated rings. The number of nitrogens with two attached hydrogens (primary N) is 1. The number of aryl methyl sites for hydroxylation is 1. The molecule has 0 bridgehead atoms. The number of hydrogen-bond acceptors (Lipinski definition) is 4. The van der Waals surface area contributed by atoms with Crippen LogP contribution >= 0.6 is 11.3 Å². The molecule has 0 aliphatic heterocycles. The first-order valence-electron chi connectivity index (χ1n) is 4.85. The summed E-state index contributed by atoms with van der Waals surface area (Å²) in [6.45, 7) is 2.73. The molecule has 0 aliphatic carbocycles. The second kappa shape index (κ2) is 4.12. The summed E-state index contributed by atoms with van der Waals surface area (Å²) in [6.07, 6.45) is 3.79. The lowest BCUT2D eigenvalue weighted by molar-refractivity contribution is 0.766. The van der Waals surface area contributed by atoms with Crippen LogP contribution in [-0.2, 0) is 7.05 Å². The van der Waals surface area contributed by atoms with Gasteiger partial charge in [-0.15, -0.1) is 11.3 Å². The van der Waals surface area contributed by atoms with Gasteiger partial charge in [0.25, 0.3) is 0 Å². The molecule has 0 saturated carbocycles. The molecule has 0 aliphatic rings. The van der Waals surface area contributed by atoms with E-state index in [2.05, 4.69) is 22.4 Å². The van der Waals surface area contributed by atoms with E-state index in [1.54, 1.807) is 16.0 Å². The second-order valence-electron chi connectivity index (χ2n) is 3.61. The van der Waals surface area contributed by atoms with Crippen LogP contribution in [0.2, 0.25) is 0 Å². The molecule has 2 N–H and O–H groups in total. The van der Waals surface area contributed by atoms with E-state index in [1.165, 1.54) is 0 Å². The molecule has 80 valence electrons. The van der Waals surface area contributed by atoms with Crippen molar-refractivity contribution in [1.29, 1.82) is 0 Å². The monoisotopic (exact) mass is 222 g/mol. The highest BCUT2D eigenvalue weighted by atomic mass is 32.1. The molecule has 4 nitrogen and oxygen atoms in total. The summed E-state index contributed by atoms with van der Waals surface area (Å²) in [5.41, 5.74) is 7.66. The van der Waals surface area contributed by atoms with E-state index < -0.39 is 0 Å². The van der Waals surface area contributed by atoms with Crippen LogP contribution in [0.15, 0.2) is 17.8 Å². The van der Waals surface area contributed by atoms with Crippen LogP contribution < -0.4 is 5.73 Å². The molecule has 5 heteroatoms. The van der Waals surface area contributed by atoms with Gasteiger partial charge in [0, 0.05) is 36.7 Å². The molecular weight excluding hydrogens is 208 g/mol. The lowest BCUT2D eigenvalue weighted by atomic mass is 10.2. The highest BCUT2D eigenvalue weighted by Crippen LogP contribution is 2.25. The summed E-state index contributed by atoms with van der Waals surface area (Å²) >= 11 is 1.66. The Morgan fingerprint density at radius 1 is 1.60 bits per heavy atom. The Labute approximate surface area is 92.8 Å². The Morgan fingerprint density at radius 3 is 3.00 bits per heavy atom. The van der Waals surface area contributed by atoms with Gasteiger partial charge in [-0.25, -0.2) is 4.98 Å². The predicted octanol–water partition coefficient (Wildman–Crippen LogP) is 1.61. The van der Waals surface area contributed by atoms with Crippen molar-refractivity contribution in [3.8, 4) is 11.3 Å². The van der Waals surface area contributed by atoms with Crippen molar-refractivity contribution in [2.75, 3.05) is 6.54 Å². The first-order chi connectivity index (χ1) is 7.20. The minimum Gasteiger partial charge on any atom is -0.330 e. The van der Waals surface area contributed by atoms with Gasteiger partial charge in [0.05, 0.1) is 16.9 Å². The minimum absolute atomic E-state index is 0.334. The summed E-state index contributed by atoms with van der Waals surface area (Å²) in [7, 11) is 1.90. The summed E-state index contributed by atoms with van der Waals surface area (Å²) in [5, 5.41) is 7.27. The van der Waals surface area contributed by atoms with Gasteiger partial charge in [-0.05, 0) is 0 Å². The Balaban J connectivity index is 2.27. The van der Waals surface area contributed by atoms with E-state index in [1.807, 2.05) is 19.4 Å². The normalized spacial score (nSPS) is 13.0. The fourth-order valence-corrected chi connectivity index (χ4v) is 2.20.